The molecular weight excluding hydrogens is 431 g/mol. The number of hydrogen-bond acceptors (Lipinski definition) is 2. The molecular formula is C27H25FN4S. The van der Waals surface area contributed by atoms with Gasteiger partial charge in [0.05, 0.1) is 11.7 Å². The number of nitrogens with zero attached hydrogens (tertiary/aromatic N) is 3. The highest BCUT2D eigenvalue weighted by molar-refractivity contribution is 7.80. The number of halogens is 1. The molecule has 2 atom stereocenters. The van der Waals surface area contributed by atoms with Crippen molar-refractivity contribution in [3.05, 3.63) is 114 Å². The molecule has 6 heteroatoms. The standard InChI is InChI=1S/C27H25FN4S/c1-18(2)19-11-13-21(14-12-19)32-26(25(30-27(32)33)23-9-3-4-15-29-23)24-10-6-16-31(24)22-8-5-7-20(28)17-22/h3-18,25-26H,1-2H3,(H,30,33)/t25-,26+/m0/s1. The van der Waals surface area contributed by atoms with E-state index < -0.39 is 0 Å². The molecule has 1 N–H and O–H groups in total. The molecule has 4 nitrogen and oxygen atoms in total. The maximum atomic E-state index is 14.0. The molecule has 1 aliphatic rings. The van der Waals surface area contributed by atoms with Crippen LogP contribution in [0.5, 0.6) is 0 Å². The Labute approximate surface area is 198 Å². The lowest BCUT2D eigenvalue weighted by molar-refractivity contribution is 0.549. The zero-order valence-corrected chi connectivity index (χ0v) is 19.3. The van der Waals surface area contributed by atoms with E-state index >= 15 is 0 Å². The Morgan fingerprint density at radius 3 is 2.45 bits per heavy atom. The minimum Gasteiger partial charge on any atom is -0.351 e. The Morgan fingerprint density at radius 2 is 1.76 bits per heavy atom. The maximum Gasteiger partial charge on any atom is 0.174 e. The first kappa shape index (κ1) is 21.3. The number of hydrogen-bond donors (Lipinski definition) is 1. The van der Waals surface area contributed by atoms with Gasteiger partial charge in [-0.1, -0.05) is 38.1 Å². The normalized spacial score (nSPS) is 18.1. The van der Waals surface area contributed by atoms with Crippen LogP contribution in [0.2, 0.25) is 0 Å². The van der Waals surface area contributed by atoms with Crippen LogP contribution in [0.4, 0.5) is 10.1 Å². The van der Waals surface area contributed by atoms with E-state index in [9.17, 15) is 4.39 Å². The average molecular weight is 457 g/mol. The molecule has 166 valence electrons. The minimum atomic E-state index is -0.269. The first-order chi connectivity index (χ1) is 16.0. The van der Waals surface area contributed by atoms with E-state index in [1.54, 1.807) is 18.3 Å². The van der Waals surface area contributed by atoms with Crippen molar-refractivity contribution in [1.29, 1.82) is 0 Å². The molecule has 0 aliphatic carbocycles. The summed E-state index contributed by atoms with van der Waals surface area (Å²) in [5.41, 5.74) is 4.95. The SMILES string of the molecule is CC(C)c1ccc(N2C(=S)N[C@@H](c3ccccn3)[C@H]2c2cccn2-c2cccc(F)c2)cc1. The monoisotopic (exact) mass is 456 g/mol. The van der Waals surface area contributed by atoms with E-state index in [2.05, 4.69) is 59.4 Å². The van der Waals surface area contributed by atoms with Crippen molar-refractivity contribution in [2.45, 2.75) is 31.8 Å². The summed E-state index contributed by atoms with van der Waals surface area (Å²) in [6, 6.07) is 24.8. The summed E-state index contributed by atoms with van der Waals surface area (Å²) in [6.07, 6.45) is 3.75. The topological polar surface area (TPSA) is 33.1 Å². The van der Waals surface area contributed by atoms with E-state index in [1.807, 2.05) is 41.1 Å². The summed E-state index contributed by atoms with van der Waals surface area (Å²) in [7, 11) is 0. The summed E-state index contributed by atoms with van der Waals surface area (Å²) in [5, 5.41) is 4.13. The van der Waals surface area contributed by atoms with Gasteiger partial charge in [-0.05, 0) is 78.3 Å². The molecule has 0 bridgehead atoms. The van der Waals surface area contributed by atoms with E-state index in [0.717, 1.165) is 22.8 Å². The van der Waals surface area contributed by atoms with Crippen LogP contribution < -0.4 is 10.2 Å². The number of pyridine rings is 1. The highest BCUT2D eigenvalue weighted by atomic mass is 32.1. The van der Waals surface area contributed by atoms with Gasteiger partial charge >= 0.3 is 0 Å². The number of nitrogens with one attached hydrogen (secondary N) is 1. The Morgan fingerprint density at radius 1 is 0.939 bits per heavy atom. The van der Waals surface area contributed by atoms with Crippen molar-refractivity contribution in [1.82, 2.24) is 14.9 Å². The highest BCUT2D eigenvalue weighted by Crippen LogP contribution is 2.42. The summed E-state index contributed by atoms with van der Waals surface area (Å²) < 4.78 is 16.1. The van der Waals surface area contributed by atoms with Crippen molar-refractivity contribution in [3.8, 4) is 5.69 Å². The van der Waals surface area contributed by atoms with Gasteiger partial charge in [0.1, 0.15) is 11.9 Å². The Kier molecular flexibility index (Phi) is 5.68. The summed E-state index contributed by atoms with van der Waals surface area (Å²) >= 11 is 5.83. The van der Waals surface area contributed by atoms with E-state index in [1.165, 1.54) is 11.6 Å². The van der Waals surface area contributed by atoms with Gasteiger partial charge in [-0.3, -0.25) is 4.98 Å². The van der Waals surface area contributed by atoms with Gasteiger partial charge in [-0.25, -0.2) is 4.39 Å². The van der Waals surface area contributed by atoms with Crippen molar-refractivity contribution < 1.29 is 4.39 Å². The van der Waals surface area contributed by atoms with Crippen molar-refractivity contribution >= 4 is 23.0 Å². The third kappa shape index (κ3) is 4.02. The fourth-order valence-corrected chi connectivity index (χ4v) is 4.80. The number of anilines is 1. The zero-order valence-electron chi connectivity index (χ0n) is 18.5. The number of thiocarbonyl (C=S) groups is 1. The molecule has 0 spiro atoms. The van der Waals surface area contributed by atoms with Crippen LogP contribution in [0.25, 0.3) is 5.69 Å². The van der Waals surface area contributed by atoms with Gasteiger partial charge in [-0.2, -0.15) is 0 Å². The Bertz CT molecular complexity index is 1270. The minimum absolute atomic E-state index is 0.161. The lowest BCUT2D eigenvalue weighted by Crippen LogP contribution is -2.30. The van der Waals surface area contributed by atoms with Crippen LogP contribution in [-0.4, -0.2) is 14.7 Å². The third-order valence-corrected chi connectivity index (χ3v) is 6.42. The molecule has 5 rings (SSSR count). The van der Waals surface area contributed by atoms with Crippen LogP contribution in [0.15, 0.2) is 91.3 Å². The fourth-order valence-electron chi connectivity index (χ4n) is 4.45. The molecule has 2 aromatic carbocycles. The van der Waals surface area contributed by atoms with E-state index in [-0.39, 0.29) is 17.9 Å². The van der Waals surface area contributed by atoms with Crippen LogP contribution in [-0.2, 0) is 0 Å². The molecule has 33 heavy (non-hydrogen) atoms. The van der Waals surface area contributed by atoms with E-state index in [0.29, 0.717) is 11.0 Å². The number of aromatic nitrogens is 2. The predicted octanol–water partition coefficient (Wildman–Crippen LogP) is 6.31. The van der Waals surface area contributed by atoms with Gasteiger partial charge in [0, 0.05) is 29.5 Å². The molecule has 0 radical (unpaired) electrons. The predicted molar refractivity (Wildman–Crippen MR) is 134 cm³/mol. The molecule has 1 fully saturated rings. The number of rotatable bonds is 5. The Balaban J connectivity index is 1.64. The van der Waals surface area contributed by atoms with Crippen LogP contribution in [0.3, 0.4) is 0 Å². The first-order valence-corrected chi connectivity index (χ1v) is 11.5. The van der Waals surface area contributed by atoms with Gasteiger partial charge in [-0.15, -0.1) is 0 Å². The fraction of sp³-hybridized carbons (Fsp3) is 0.185. The molecule has 2 aromatic heterocycles. The summed E-state index contributed by atoms with van der Waals surface area (Å²) in [4.78, 5) is 6.76. The third-order valence-electron chi connectivity index (χ3n) is 6.11. The van der Waals surface area contributed by atoms with Crippen molar-refractivity contribution in [3.63, 3.8) is 0 Å². The average Bonchev–Trinajstić information content (AvgIpc) is 3.44. The van der Waals surface area contributed by atoms with Gasteiger partial charge < -0.3 is 14.8 Å². The molecule has 0 unspecified atom stereocenters. The summed E-state index contributed by atoms with van der Waals surface area (Å²) in [5.74, 6) is 0.180. The molecule has 0 amide bonds. The smallest absolute Gasteiger partial charge is 0.174 e. The van der Waals surface area contributed by atoms with Crippen LogP contribution >= 0.6 is 12.2 Å². The second-order valence-electron chi connectivity index (χ2n) is 8.53. The van der Waals surface area contributed by atoms with Gasteiger partial charge in [0.2, 0.25) is 0 Å². The molecule has 3 heterocycles. The first-order valence-electron chi connectivity index (χ1n) is 11.1. The molecule has 0 saturated carbocycles. The van der Waals surface area contributed by atoms with Gasteiger partial charge in [0.15, 0.2) is 5.11 Å². The van der Waals surface area contributed by atoms with Gasteiger partial charge in [0.25, 0.3) is 0 Å². The lowest BCUT2D eigenvalue weighted by atomic mass is 9.99. The summed E-state index contributed by atoms with van der Waals surface area (Å²) in [6.45, 7) is 4.37. The largest absolute Gasteiger partial charge is 0.351 e. The second kappa shape index (κ2) is 8.79. The Hall–Kier alpha value is -3.51. The van der Waals surface area contributed by atoms with E-state index in [4.69, 9.17) is 12.2 Å². The van der Waals surface area contributed by atoms with Crippen molar-refractivity contribution in [2.75, 3.05) is 4.90 Å². The number of benzene rings is 2. The maximum absolute atomic E-state index is 14.0. The quantitative estimate of drug-likeness (QED) is 0.357. The van der Waals surface area contributed by atoms with Crippen LogP contribution in [0.1, 0.15) is 48.8 Å². The lowest BCUT2D eigenvalue weighted by Gasteiger charge is -2.29. The molecule has 1 saturated heterocycles. The van der Waals surface area contributed by atoms with Crippen molar-refractivity contribution in [2.24, 2.45) is 0 Å². The van der Waals surface area contributed by atoms with Crippen LogP contribution in [0, 0.1) is 5.82 Å². The molecule has 1 aliphatic heterocycles. The second-order valence-corrected chi connectivity index (χ2v) is 8.91. The highest BCUT2D eigenvalue weighted by Gasteiger charge is 2.42. The zero-order chi connectivity index (χ0) is 22.9. The molecule has 4 aromatic rings.